The van der Waals surface area contributed by atoms with Crippen molar-refractivity contribution in [2.75, 3.05) is 0 Å². The van der Waals surface area contributed by atoms with Crippen molar-refractivity contribution in [2.24, 2.45) is 0 Å². The molecule has 0 unspecified atom stereocenters. The maximum Gasteiger partial charge on any atom is 0.244 e. The number of carbonyl (C=O) groups is 1. The van der Waals surface area contributed by atoms with Crippen molar-refractivity contribution in [3.05, 3.63) is 106 Å². The maximum atomic E-state index is 12.6. The third kappa shape index (κ3) is 5.01. The molecule has 174 valence electrons. The predicted molar refractivity (Wildman–Crippen MR) is 136 cm³/mol. The van der Waals surface area contributed by atoms with Gasteiger partial charge in [-0.1, -0.05) is 48.0 Å². The molecule has 2 aromatic heterocycles. The summed E-state index contributed by atoms with van der Waals surface area (Å²) >= 11 is 0. The van der Waals surface area contributed by atoms with Gasteiger partial charge in [0.05, 0.1) is 23.6 Å². The Kier molecular flexibility index (Phi) is 6.77. The molecule has 0 radical (unpaired) electrons. The van der Waals surface area contributed by atoms with Crippen LogP contribution in [0.5, 0.6) is 0 Å². The minimum Gasteiger partial charge on any atom is -0.348 e. The summed E-state index contributed by atoms with van der Waals surface area (Å²) in [7, 11) is 0. The molecular weight excluding hydrogens is 422 g/mol. The first kappa shape index (κ1) is 23.2. The van der Waals surface area contributed by atoms with Gasteiger partial charge in [0.2, 0.25) is 5.91 Å². The van der Waals surface area contributed by atoms with Crippen LogP contribution in [0.15, 0.2) is 60.7 Å². The molecule has 0 bridgehead atoms. The van der Waals surface area contributed by atoms with Crippen LogP contribution in [0.1, 0.15) is 45.0 Å². The normalized spacial score (nSPS) is 11.3. The van der Waals surface area contributed by atoms with E-state index in [1.54, 1.807) is 6.08 Å². The van der Waals surface area contributed by atoms with E-state index >= 15 is 0 Å². The largest absolute Gasteiger partial charge is 0.348 e. The van der Waals surface area contributed by atoms with E-state index in [1.807, 2.05) is 73.5 Å². The Morgan fingerprint density at radius 2 is 1.59 bits per heavy atom. The van der Waals surface area contributed by atoms with Gasteiger partial charge in [-0.2, -0.15) is 10.2 Å². The topological polar surface area (TPSA) is 64.7 Å². The molecule has 0 aliphatic carbocycles. The smallest absolute Gasteiger partial charge is 0.244 e. The number of aryl methyl sites for hydroxylation is 3. The number of nitrogens with zero attached hydrogens (tertiary/aromatic N) is 4. The van der Waals surface area contributed by atoms with E-state index in [9.17, 15) is 4.79 Å². The van der Waals surface area contributed by atoms with Crippen molar-refractivity contribution in [3.63, 3.8) is 0 Å². The molecule has 6 heteroatoms. The highest BCUT2D eigenvalue weighted by Crippen LogP contribution is 2.19. The minimum absolute atomic E-state index is 0.142. The van der Waals surface area contributed by atoms with E-state index in [-0.39, 0.29) is 5.91 Å². The lowest BCUT2D eigenvalue weighted by molar-refractivity contribution is -0.116. The number of carbonyl (C=O) groups excluding carboxylic acids is 1. The average Bonchev–Trinajstić information content (AvgIpc) is 3.26. The van der Waals surface area contributed by atoms with Crippen LogP contribution < -0.4 is 5.32 Å². The molecule has 6 nitrogen and oxygen atoms in total. The van der Waals surface area contributed by atoms with Crippen LogP contribution in [-0.2, 0) is 17.9 Å². The van der Waals surface area contributed by atoms with Gasteiger partial charge < -0.3 is 5.32 Å². The number of nitrogens with one attached hydrogen (secondary N) is 1. The highest BCUT2D eigenvalue weighted by atomic mass is 16.1. The molecule has 0 aliphatic rings. The zero-order valence-electron chi connectivity index (χ0n) is 20.5. The molecule has 1 amide bonds. The van der Waals surface area contributed by atoms with Crippen molar-refractivity contribution in [1.29, 1.82) is 0 Å². The van der Waals surface area contributed by atoms with Crippen LogP contribution in [0, 0.1) is 34.6 Å². The van der Waals surface area contributed by atoms with Gasteiger partial charge in [-0.25, -0.2) is 4.68 Å². The highest BCUT2D eigenvalue weighted by Gasteiger charge is 2.14. The fraction of sp³-hybridized carbons (Fsp3) is 0.250. The summed E-state index contributed by atoms with van der Waals surface area (Å²) in [6.45, 7) is 11.2. The van der Waals surface area contributed by atoms with E-state index in [0.29, 0.717) is 13.1 Å². The van der Waals surface area contributed by atoms with E-state index in [0.717, 1.165) is 39.6 Å². The van der Waals surface area contributed by atoms with Gasteiger partial charge in [-0.3, -0.25) is 9.48 Å². The maximum absolute atomic E-state index is 12.6. The lowest BCUT2D eigenvalue weighted by atomic mass is 10.1. The third-order valence-corrected chi connectivity index (χ3v) is 6.17. The first-order chi connectivity index (χ1) is 16.3. The molecule has 0 fully saturated rings. The van der Waals surface area contributed by atoms with Crippen molar-refractivity contribution < 1.29 is 4.79 Å². The molecular formula is C28H31N5O. The summed E-state index contributed by atoms with van der Waals surface area (Å²) in [6, 6.07) is 18.5. The Labute approximate surface area is 200 Å². The van der Waals surface area contributed by atoms with E-state index in [2.05, 4.69) is 46.7 Å². The zero-order chi connectivity index (χ0) is 24.2. The Morgan fingerprint density at radius 1 is 0.882 bits per heavy atom. The fourth-order valence-electron chi connectivity index (χ4n) is 4.12. The second-order valence-electron chi connectivity index (χ2n) is 8.68. The van der Waals surface area contributed by atoms with E-state index in [4.69, 9.17) is 0 Å². The van der Waals surface area contributed by atoms with Gasteiger partial charge >= 0.3 is 0 Å². The number of hydrogen-bond acceptors (Lipinski definition) is 3. The van der Waals surface area contributed by atoms with Crippen LogP contribution >= 0.6 is 0 Å². The number of benzene rings is 2. The second-order valence-corrected chi connectivity index (χ2v) is 8.68. The number of para-hydroxylation sites is 1. The van der Waals surface area contributed by atoms with Gasteiger partial charge in [0, 0.05) is 35.1 Å². The molecule has 1 N–H and O–H groups in total. The first-order valence-electron chi connectivity index (χ1n) is 11.5. The summed E-state index contributed by atoms with van der Waals surface area (Å²) in [5.74, 6) is -0.142. The van der Waals surface area contributed by atoms with Gasteiger partial charge in [-0.15, -0.1) is 0 Å². The van der Waals surface area contributed by atoms with Crippen LogP contribution in [0.4, 0.5) is 0 Å². The molecule has 34 heavy (non-hydrogen) atoms. The van der Waals surface area contributed by atoms with Gasteiger partial charge in [0.25, 0.3) is 0 Å². The Bertz CT molecular complexity index is 1330. The van der Waals surface area contributed by atoms with Crippen molar-refractivity contribution in [1.82, 2.24) is 24.9 Å². The summed E-state index contributed by atoms with van der Waals surface area (Å²) in [5.41, 5.74) is 9.34. The fourth-order valence-corrected chi connectivity index (χ4v) is 4.12. The molecule has 0 atom stereocenters. The average molecular weight is 454 g/mol. The molecule has 0 saturated carbocycles. The Morgan fingerprint density at radius 3 is 2.29 bits per heavy atom. The lowest BCUT2D eigenvalue weighted by Gasteiger charge is -2.06. The van der Waals surface area contributed by atoms with Crippen LogP contribution in [0.25, 0.3) is 11.8 Å². The highest BCUT2D eigenvalue weighted by molar-refractivity contribution is 5.92. The minimum atomic E-state index is -0.142. The molecule has 2 aromatic carbocycles. The molecule has 4 rings (SSSR count). The first-order valence-corrected chi connectivity index (χ1v) is 11.5. The summed E-state index contributed by atoms with van der Waals surface area (Å²) in [6.07, 6.45) is 3.44. The zero-order valence-corrected chi connectivity index (χ0v) is 20.5. The van der Waals surface area contributed by atoms with Gasteiger partial charge in [-0.05, 0) is 58.4 Å². The quantitative estimate of drug-likeness (QED) is 0.401. The standard InChI is InChI=1S/C28H31N5O/c1-19-11-13-24(14-12-19)18-32-22(4)26(20(2)30-32)15-16-28(34)29-17-27-21(3)31-33(23(27)5)25-9-7-6-8-10-25/h6-16H,17-18H2,1-5H3,(H,29,34)/b16-15+. The Balaban J connectivity index is 1.43. The molecule has 0 spiro atoms. The van der Waals surface area contributed by atoms with Crippen molar-refractivity contribution >= 4 is 12.0 Å². The van der Waals surface area contributed by atoms with E-state index in [1.165, 1.54) is 11.1 Å². The third-order valence-electron chi connectivity index (χ3n) is 6.17. The molecule has 2 heterocycles. The lowest BCUT2D eigenvalue weighted by Crippen LogP contribution is -2.21. The molecule has 0 aliphatic heterocycles. The monoisotopic (exact) mass is 453 g/mol. The van der Waals surface area contributed by atoms with Crippen molar-refractivity contribution in [2.45, 2.75) is 47.7 Å². The predicted octanol–water partition coefficient (Wildman–Crippen LogP) is 4.99. The number of aromatic nitrogens is 4. The van der Waals surface area contributed by atoms with Crippen LogP contribution in [0.2, 0.25) is 0 Å². The van der Waals surface area contributed by atoms with Crippen LogP contribution in [-0.4, -0.2) is 25.5 Å². The second kappa shape index (κ2) is 9.91. The number of hydrogen-bond donors (Lipinski definition) is 1. The SMILES string of the molecule is Cc1ccc(Cn2nc(C)c(/C=C/C(=O)NCc3c(C)nn(-c4ccccc4)c3C)c2C)cc1. The Hall–Kier alpha value is -3.93. The molecule has 0 saturated heterocycles. The van der Waals surface area contributed by atoms with Crippen LogP contribution in [0.3, 0.4) is 0 Å². The summed E-state index contributed by atoms with van der Waals surface area (Å²) in [4.78, 5) is 12.6. The van der Waals surface area contributed by atoms with E-state index < -0.39 is 0 Å². The van der Waals surface area contributed by atoms with Gasteiger partial charge in [0.1, 0.15) is 0 Å². The van der Waals surface area contributed by atoms with Crippen molar-refractivity contribution in [3.8, 4) is 5.69 Å². The molecule has 4 aromatic rings. The summed E-state index contributed by atoms with van der Waals surface area (Å²) < 4.78 is 3.91. The van der Waals surface area contributed by atoms with Gasteiger partial charge in [0.15, 0.2) is 0 Å². The summed E-state index contributed by atoms with van der Waals surface area (Å²) in [5, 5.41) is 12.3. The number of amides is 1. The number of rotatable bonds is 7.